The summed E-state index contributed by atoms with van der Waals surface area (Å²) in [7, 11) is 0. The summed E-state index contributed by atoms with van der Waals surface area (Å²) in [6.45, 7) is 3.08. The molecule has 0 radical (unpaired) electrons. The fourth-order valence-electron chi connectivity index (χ4n) is 1.68. The van der Waals surface area contributed by atoms with Gasteiger partial charge in [0, 0.05) is 6.42 Å². The van der Waals surface area contributed by atoms with Gasteiger partial charge in [-0.05, 0) is 23.6 Å². The first-order chi connectivity index (χ1) is 6.90. The molecule has 0 saturated heterocycles. The van der Waals surface area contributed by atoms with Crippen molar-refractivity contribution < 1.29 is 4.74 Å². The van der Waals surface area contributed by atoms with Gasteiger partial charge in [0.2, 0.25) is 0 Å². The van der Waals surface area contributed by atoms with Gasteiger partial charge in [0.1, 0.15) is 5.75 Å². The lowest BCUT2D eigenvalue weighted by Gasteiger charge is -2.01. The first-order valence-corrected chi connectivity index (χ1v) is 4.98. The molecule has 0 unspecified atom stereocenters. The van der Waals surface area contributed by atoms with E-state index >= 15 is 0 Å². The molecule has 0 aromatic heterocycles. The van der Waals surface area contributed by atoms with E-state index in [9.17, 15) is 0 Å². The molecule has 0 N–H and O–H groups in total. The maximum atomic E-state index is 5.43. The fraction of sp³-hybridized carbons (Fsp3) is 0.385. The lowest BCUT2D eigenvalue weighted by Crippen LogP contribution is -1.85. The normalized spacial score (nSPS) is 12.2. The van der Waals surface area contributed by atoms with Gasteiger partial charge in [-0.25, -0.2) is 0 Å². The Morgan fingerprint density at radius 3 is 2.86 bits per heavy atom. The summed E-state index contributed by atoms with van der Waals surface area (Å²) in [5.74, 6) is 1.09. The molecule has 0 atom stereocenters. The maximum absolute atomic E-state index is 5.43. The molecular formula is C13H16O. The van der Waals surface area contributed by atoms with E-state index in [1.54, 1.807) is 0 Å². The van der Waals surface area contributed by atoms with Crippen LogP contribution in [0.25, 0.3) is 0 Å². The zero-order valence-electron chi connectivity index (χ0n) is 8.62. The smallest absolute Gasteiger partial charge is 0.122 e. The Kier molecular flexibility index (Phi) is 4.07. The number of rotatable bonds is 2. The first kappa shape index (κ1) is 10.7. The molecule has 74 valence electrons. The zero-order chi connectivity index (χ0) is 10.4. The minimum atomic E-state index is 0.866. The van der Waals surface area contributed by atoms with Crippen LogP contribution >= 0.6 is 0 Å². The third-order valence-electron chi connectivity index (χ3n) is 2.29. The van der Waals surface area contributed by atoms with Gasteiger partial charge in [-0.3, -0.25) is 0 Å². The van der Waals surface area contributed by atoms with Crippen LogP contribution in [0.2, 0.25) is 0 Å². The standard InChI is InChI=1S/C11H14O.C2H2/c1-2-3-9-4-5-11-10(8-9)6-7-12-11;1-2/h4-5,8H,2-3,6-7H2,1H3;1-2H. The number of fused-ring (bicyclic) bond motifs is 1. The number of aryl methyl sites for hydroxylation is 1. The lowest BCUT2D eigenvalue weighted by atomic mass is 10.1. The molecule has 1 nitrogen and oxygen atoms in total. The Bertz CT molecular complexity index is 312. The van der Waals surface area contributed by atoms with Crippen LogP contribution in [0.4, 0.5) is 0 Å². The Balaban J connectivity index is 0.000000461. The maximum Gasteiger partial charge on any atom is 0.122 e. The highest BCUT2D eigenvalue weighted by Gasteiger charge is 2.11. The summed E-state index contributed by atoms with van der Waals surface area (Å²) in [6, 6.07) is 6.56. The number of ether oxygens (including phenoxy) is 1. The van der Waals surface area contributed by atoms with Gasteiger partial charge >= 0.3 is 0 Å². The van der Waals surface area contributed by atoms with E-state index in [0.717, 1.165) is 18.8 Å². The third-order valence-corrected chi connectivity index (χ3v) is 2.29. The molecule has 14 heavy (non-hydrogen) atoms. The molecule has 0 bridgehead atoms. The molecule has 0 saturated carbocycles. The van der Waals surface area contributed by atoms with Crippen LogP contribution in [-0.2, 0) is 12.8 Å². The van der Waals surface area contributed by atoms with Crippen LogP contribution < -0.4 is 4.74 Å². The quantitative estimate of drug-likeness (QED) is 0.648. The van der Waals surface area contributed by atoms with E-state index in [0.29, 0.717) is 0 Å². The summed E-state index contributed by atoms with van der Waals surface area (Å²) in [5, 5.41) is 0. The summed E-state index contributed by atoms with van der Waals surface area (Å²) >= 11 is 0. The van der Waals surface area contributed by atoms with E-state index in [4.69, 9.17) is 4.74 Å². The number of hydrogen-bond donors (Lipinski definition) is 0. The van der Waals surface area contributed by atoms with Gasteiger partial charge in [-0.1, -0.05) is 25.5 Å². The Hall–Kier alpha value is -1.42. The highest BCUT2D eigenvalue weighted by Crippen LogP contribution is 2.26. The topological polar surface area (TPSA) is 9.23 Å². The first-order valence-electron chi connectivity index (χ1n) is 4.98. The molecule has 0 spiro atoms. The summed E-state index contributed by atoms with van der Waals surface area (Å²) in [5.41, 5.74) is 2.84. The van der Waals surface area contributed by atoms with Crippen LogP contribution in [-0.4, -0.2) is 6.61 Å². The van der Waals surface area contributed by atoms with Crippen molar-refractivity contribution in [3.05, 3.63) is 29.3 Å². The average molecular weight is 188 g/mol. The van der Waals surface area contributed by atoms with Crippen LogP contribution in [0.15, 0.2) is 18.2 Å². The van der Waals surface area contributed by atoms with Crippen molar-refractivity contribution >= 4 is 0 Å². The monoisotopic (exact) mass is 188 g/mol. The second-order valence-electron chi connectivity index (χ2n) is 3.29. The average Bonchev–Trinajstić information content (AvgIpc) is 2.68. The van der Waals surface area contributed by atoms with Crippen molar-refractivity contribution in [1.29, 1.82) is 0 Å². The van der Waals surface area contributed by atoms with Crippen LogP contribution in [0, 0.1) is 12.8 Å². The Labute approximate surface area is 86.1 Å². The summed E-state index contributed by atoms with van der Waals surface area (Å²) in [4.78, 5) is 0. The van der Waals surface area contributed by atoms with Gasteiger partial charge < -0.3 is 4.74 Å². The minimum Gasteiger partial charge on any atom is -0.493 e. The van der Waals surface area contributed by atoms with Crippen molar-refractivity contribution in [3.8, 4) is 18.6 Å². The van der Waals surface area contributed by atoms with Crippen molar-refractivity contribution in [3.63, 3.8) is 0 Å². The molecular weight excluding hydrogens is 172 g/mol. The van der Waals surface area contributed by atoms with E-state index in [2.05, 4.69) is 38.0 Å². The van der Waals surface area contributed by atoms with E-state index in [1.165, 1.54) is 24.0 Å². The highest BCUT2D eigenvalue weighted by molar-refractivity contribution is 5.39. The molecule has 1 aromatic carbocycles. The predicted molar refractivity (Wildman–Crippen MR) is 59.5 cm³/mol. The fourth-order valence-corrected chi connectivity index (χ4v) is 1.68. The van der Waals surface area contributed by atoms with Crippen molar-refractivity contribution in [2.24, 2.45) is 0 Å². The molecule has 1 heteroatoms. The van der Waals surface area contributed by atoms with Gasteiger partial charge in [-0.15, -0.1) is 12.8 Å². The number of benzene rings is 1. The molecule has 1 heterocycles. The minimum absolute atomic E-state index is 0.866. The SMILES string of the molecule is C#C.CCCc1ccc2c(c1)CCO2. The highest BCUT2D eigenvalue weighted by atomic mass is 16.5. The van der Waals surface area contributed by atoms with Crippen LogP contribution in [0.3, 0.4) is 0 Å². The Morgan fingerprint density at radius 2 is 2.14 bits per heavy atom. The van der Waals surface area contributed by atoms with Crippen LogP contribution in [0.1, 0.15) is 24.5 Å². The number of terminal acetylenes is 1. The largest absolute Gasteiger partial charge is 0.493 e. The van der Waals surface area contributed by atoms with Crippen molar-refractivity contribution in [2.45, 2.75) is 26.2 Å². The van der Waals surface area contributed by atoms with Gasteiger partial charge in [-0.2, -0.15) is 0 Å². The molecule has 1 aliphatic rings. The molecule has 1 aliphatic heterocycles. The second kappa shape index (κ2) is 5.34. The van der Waals surface area contributed by atoms with E-state index in [1.807, 2.05) is 0 Å². The predicted octanol–water partition coefficient (Wildman–Crippen LogP) is 2.82. The molecule has 0 fully saturated rings. The van der Waals surface area contributed by atoms with Crippen LogP contribution in [0.5, 0.6) is 5.75 Å². The van der Waals surface area contributed by atoms with Gasteiger partial charge in [0.15, 0.2) is 0 Å². The van der Waals surface area contributed by atoms with Crippen molar-refractivity contribution in [1.82, 2.24) is 0 Å². The molecule has 1 aromatic rings. The zero-order valence-corrected chi connectivity index (χ0v) is 8.62. The van der Waals surface area contributed by atoms with E-state index < -0.39 is 0 Å². The van der Waals surface area contributed by atoms with Gasteiger partial charge in [0.05, 0.1) is 6.61 Å². The molecule has 0 aliphatic carbocycles. The molecule has 0 amide bonds. The van der Waals surface area contributed by atoms with E-state index in [-0.39, 0.29) is 0 Å². The lowest BCUT2D eigenvalue weighted by molar-refractivity contribution is 0.357. The molecule has 2 rings (SSSR count). The van der Waals surface area contributed by atoms with Gasteiger partial charge in [0.25, 0.3) is 0 Å². The van der Waals surface area contributed by atoms with Crippen molar-refractivity contribution in [2.75, 3.05) is 6.61 Å². The Morgan fingerprint density at radius 1 is 1.36 bits per heavy atom. The number of hydrogen-bond acceptors (Lipinski definition) is 1. The summed E-state index contributed by atoms with van der Waals surface area (Å²) in [6.07, 6.45) is 11.5. The summed E-state index contributed by atoms with van der Waals surface area (Å²) < 4.78 is 5.43. The third kappa shape index (κ3) is 2.29. The second-order valence-corrected chi connectivity index (χ2v) is 3.29.